The number of nitrogens with zero attached hydrogens (tertiary/aromatic N) is 1. The number of hydrogen-bond donors (Lipinski definition) is 1. The molecule has 144 valence electrons. The van der Waals surface area contributed by atoms with Crippen LogP contribution in [0.25, 0.3) is 0 Å². The van der Waals surface area contributed by atoms with E-state index in [4.69, 9.17) is 4.74 Å². The molecule has 0 aromatic heterocycles. The van der Waals surface area contributed by atoms with Gasteiger partial charge in [-0.15, -0.1) is 0 Å². The van der Waals surface area contributed by atoms with Gasteiger partial charge in [-0.1, -0.05) is 57.2 Å². The zero-order valence-corrected chi connectivity index (χ0v) is 16.6. The average molecular weight is 367 g/mol. The smallest absolute Gasteiger partial charge is 0.251 e. The van der Waals surface area contributed by atoms with E-state index in [0.717, 1.165) is 38.4 Å². The summed E-state index contributed by atoms with van der Waals surface area (Å²) in [6.07, 6.45) is 0. The van der Waals surface area contributed by atoms with E-state index < -0.39 is 0 Å². The Morgan fingerprint density at radius 2 is 1.56 bits per heavy atom. The fourth-order valence-corrected chi connectivity index (χ4v) is 3.19. The van der Waals surface area contributed by atoms with Crippen LogP contribution in [-0.4, -0.2) is 37.1 Å². The second-order valence-electron chi connectivity index (χ2n) is 8.22. The highest BCUT2D eigenvalue weighted by molar-refractivity contribution is 5.94. The van der Waals surface area contributed by atoms with Crippen molar-refractivity contribution in [3.8, 4) is 0 Å². The molecular weight excluding hydrogens is 336 g/mol. The Morgan fingerprint density at radius 3 is 2.15 bits per heavy atom. The van der Waals surface area contributed by atoms with E-state index in [2.05, 4.69) is 55.3 Å². The number of nitrogens with one attached hydrogen (secondary N) is 1. The van der Waals surface area contributed by atoms with Gasteiger partial charge >= 0.3 is 0 Å². The first-order chi connectivity index (χ1) is 12.9. The minimum Gasteiger partial charge on any atom is -0.379 e. The highest BCUT2D eigenvalue weighted by atomic mass is 16.5. The summed E-state index contributed by atoms with van der Waals surface area (Å²) in [5.41, 5.74) is 4.44. The Morgan fingerprint density at radius 1 is 0.963 bits per heavy atom. The largest absolute Gasteiger partial charge is 0.379 e. The van der Waals surface area contributed by atoms with Crippen LogP contribution >= 0.6 is 0 Å². The molecular formula is C23H30N2O2. The molecule has 3 rings (SSSR count). The number of amides is 1. The molecule has 0 bridgehead atoms. The number of ether oxygens (including phenoxy) is 1. The molecule has 1 fully saturated rings. The number of morpholine rings is 1. The molecule has 1 aliphatic heterocycles. The van der Waals surface area contributed by atoms with Crippen LogP contribution in [0.5, 0.6) is 0 Å². The van der Waals surface area contributed by atoms with Crippen molar-refractivity contribution in [1.82, 2.24) is 10.2 Å². The van der Waals surface area contributed by atoms with Crippen LogP contribution in [0.1, 0.15) is 47.8 Å². The minimum absolute atomic E-state index is 0.0344. The SMILES string of the molecule is CC(C)(C)c1ccc(C(=O)NCc2ccc(CN3CCOCC3)cc2)cc1. The van der Waals surface area contributed by atoms with Crippen LogP contribution in [0.4, 0.5) is 0 Å². The van der Waals surface area contributed by atoms with E-state index in [9.17, 15) is 4.79 Å². The summed E-state index contributed by atoms with van der Waals surface area (Å²) in [6, 6.07) is 16.4. The van der Waals surface area contributed by atoms with Crippen LogP contribution < -0.4 is 5.32 Å². The first kappa shape index (κ1) is 19.6. The third-order valence-electron chi connectivity index (χ3n) is 5.00. The Hall–Kier alpha value is -2.17. The van der Waals surface area contributed by atoms with Crippen molar-refractivity contribution in [3.63, 3.8) is 0 Å². The normalized spacial score (nSPS) is 15.5. The molecule has 0 aliphatic carbocycles. The van der Waals surface area contributed by atoms with Gasteiger partial charge in [0.1, 0.15) is 0 Å². The number of carbonyl (C=O) groups excluding carboxylic acids is 1. The molecule has 0 unspecified atom stereocenters. The number of carbonyl (C=O) groups is 1. The summed E-state index contributed by atoms with van der Waals surface area (Å²) < 4.78 is 5.39. The predicted molar refractivity (Wildman–Crippen MR) is 109 cm³/mol. The molecule has 0 radical (unpaired) electrons. The molecule has 27 heavy (non-hydrogen) atoms. The van der Waals surface area contributed by atoms with Crippen LogP contribution in [0.15, 0.2) is 48.5 Å². The predicted octanol–water partition coefficient (Wildman–Crippen LogP) is 3.75. The molecule has 2 aromatic rings. The van der Waals surface area contributed by atoms with Gasteiger partial charge < -0.3 is 10.1 Å². The summed E-state index contributed by atoms with van der Waals surface area (Å²) in [5.74, 6) is -0.0344. The molecule has 1 heterocycles. The standard InChI is InChI=1S/C23H30N2O2/c1-23(2,3)21-10-8-20(9-11-21)22(26)24-16-18-4-6-19(7-5-18)17-25-12-14-27-15-13-25/h4-11H,12-17H2,1-3H3,(H,24,26). The van der Waals surface area contributed by atoms with E-state index in [-0.39, 0.29) is 11.3 Å². The Bertz CT molecular complexity index is 739. The van der Waals surface area contributed by atoms with Gasteiger partial charge in [-0.3, -0.25) is 9.69 Å². The zero-order valence-electron chi connectivity index (χ0n) is 16.6. The highest BCUT2D eigenvalue weighted by Gasteiger charge is 2.14. The van der Waals surface area contributed by atoms with Crippen molar-refractivity contribution in [2.24, 2.45) is 0 Å². The van der Waals surface area contributed by atoms with E-state index in [1.54, 1.807) is 0 Å². The van der Waals surface area contributed by atoms with Gasteiger partial charge in [-0.25, -0.2) is 0 Å². The van der Waals surface area contributed by atoms with E-state index in [1.807, 2.05) is 24.3 Å². The zero-order chi connectivity index (χ0) is 19.3. The lowest BCUT2D eigenvalue weighted by molar-refractivity contribution is 0.0342. The number of benzene rings is 2. The van der Waals surface area contributed by atoms with Gasteiger partial charge in [0.2, 0.25) is 0 Å². The fraction of sp³-hybridized carbons (Fsp3) is 0.435. The molecule has 1 N–H and O–H groups in total. The van der Waals surface area contributed by atoms with Gasteiger partial charge in [-0.05, 0) is 34.2 Å². The molecule has 1 aliphatic rings. The van der Waals surface area contributed by atoms with Crippen LogP contribution in [0.3, 0.4) is 0 Å². The first-order valence-electron chi connectivity index (χ1n) is 9.68. The van der Waals surface area contributed by atoms with E-state index in [0.29, 0.717) is 12.1 Å². The van der Waals surface area contributed by atoms with Crippen molar-refractivity contribution in [3.05, 3.63) is 70.8 Å². The summed E-state index contributed by atoms with van der Waals surface area (Å²) in [6.45, 7) is 11.6. The monoisotopic (exact) mass is 366 g/mol. The van der Waals surface area contributed by atoms with Crippen LogP contribution in [-0.2, 0) is 23.2 Å². The minimum atomic E-state index is -0.0344. The molecule has 0 spiro atoms. The van der Waals surface area contributed by atoms with Crippen molar-refractivity contribution in [1.29, 1.82) is 0 Å². The summed E-state index contributed by atoms with van der Waals surface area (Å²) >= 11 is 0. The lowest BCUT2D eigenvalue weighted by Crippen LogP contribution is -2.35. The van der Waals surface area contributed by atoms with Crippen molar-refractivity contribution >= 4 is 5.91 Å². The van der Waals surface area contributed by atoms with Crippen LogP contribution in [0.2, 0.25) is 0 Å². The second kappa shape index (κ2) is 8.68. The number of rotatable bonds is 5. The van der Waals surface area contributed by atoms with E-state index >= 15 is 0 Å². The maximum Gasteiger partial charge on any atom is 0.251 e. The third-order valence-corrected chi connectivity index (χ3v) is 5.00. The van der Waals surface area contributed by atoms with Gasteiger partial charge in [0.25, 0.3) is 5.91 Å². The molecule has 1 saturated heterocycles. The van der Waals surface area contributed by atoms with Gasteiger partial charge in [0, 0.05) is 31.7 Å². The summed E-state index contributed by atoms with van der Waals surface area (Å²) in [7, 11) is 0. The number of hydrogen-bond acceptors (Lipinski definition) is 3. The van der Waals surface area contributed by atoms with Crippen molar-refractivity contribution in [2.45, 2.75) is 39.3 Å². The molecule has 0 atom stereocenters. The fourth-order valence-electron chi connectivity index (χ4n) is 3.19. The molecule has 0 saturated carbocycles. The second-order valence-corrected chi connectivity index (χ2v) is 8.22. The summed E-state index contributed by atoms with van der Waals surface area (Å²) in [5, 5.41) is 3.01. The highest BCUT2D eigenvalue weighted by Crippen LogP contribution is 2.22. The summed E-state index contributed by atoms with van der Waals surface area (Å²) in [4.78, 5) is 14.8. The van der Waals surface area contributed by atoms with Gasteiger partial charge in [-0.2, -0.15) is 0 Å². The Balaban J connectivity index is 1.51. The maximum atomic E-state index is 12.4. The quantitative estimate of drug-likeness (QED) is 0.876. The van der Waals surface area contributed by atoms with Crippen molar-refractivity contribution in [2.75, 3.05) is 26.3 Å². The third kappa shape index (κ3) is 5.65. The van der Waals surface area contributed by atoms with Gasteiger partial charge in [0.05, 0.1) is 13.2 Å². The maximum absolute atomic E-state index is 12.4. The lowest BCUT2D eigenvalue weighted by Gasteiger charge is -2.26. The first-order valence-corrected chi connectivity index (χ1v) is 9.68. The van der Waals surface area contributed by atoms with E-state index in [1.165, 1.54) is 11.1 Å². The molecule has 2 aromatic carbocycles. The molecule has 4 nitrogen and oxygen atoms in total. The lowest BCUT2D eigenvalue weighted by atomic mass is 9.87. The average Bonchev–Trinajstić information content (AvgIpc) is 2.67. The van der Waals surface area contributed by atoms with Crippen LogP contribution in [0, 0.1) is 0 Å². The molecule has 1 amide bonds. The Kier molecular flexibility index (Phi) is 6.30. The Labute approximate surface area is 162 Å². The van der Waals surface area contributed by atoms with Gasteiger partial charge in [0.15, 0.2) is 0 Å². The molecule has 4 heteroatoms. The topological polar surface area (TPSA) is 41.6 Å². The van der Waals surface area contributed by atoms with Crippen molar-refractivity contribution < 1.29 is 9.53 Å².